The number of aromatic nitrogens is 1. The van der Waals surface area contributed by atoms with E-state index in [0.29, 0.717) is 17.7 Å². The van der Waals surface area contributed by atoms with E-state index in [9.17, 15) is 9.59 Å². The van der Waals surface area contributed by atoms with Crippen LogP contribution >= 0.6 is 0 Å². The van der Waals surface area contributed by atoms with Crippen LogP contribution in [-0.2, 0) is 6.54 Å². The minimum absolute atomic E-state index is 0.160. The molecule has 0 aliphatic heterocycles. The van der Waals surface area contributed by atoms with Crippen LogP contribution in [-0.4, -0.2) is 22.8 Å². The van der Waals surface area contributed by atoms with Crippen LogP contribution in [0.15, 0.2) is 42.7 Å². The van der Waals surface area contributed by atoms with Crippen molar-refractivity contribution in [3.8, 4) is 0 Å². The van der Waals surface area contributed by atoms with Gasteiger partial charge in [-0.05, 0) is 31.4 Å². The Bertz CT molecular complexity index is 767. The number of carbonyl (C=O) groups is 2. The fraction of sp³-hybridized carbons (Fsp3) is 0.350. The predicted octanol–water partition coefficient (Wildman–Crippen LogP) is 2.99. The maximum atomic E-state index is 12.3. The summed E-state index contributed by atoms with van der Waals surface area (Å²) in [5.74, 6) is -0.391. The van der Waals surface area contributed by atoms with Crippen molar-refractivity contribution in [1.82, 2.24) is 15.6 Å². The van der Waals surface area contributed by atoms with Gasteiger partial charge in [-0.25, -0.2) is 0 Å². The minimum atomic E-state index is -0.232. The topological polar surface area (TPSA) is 71.1 Å². The van der Waals surface area contributed by atoms with Crippen LogP contribution in [0, 0.1) is 6.92 Å². The van der Waals surface area contributed by atoms with Gasteiger partial charge in [-0.3, -0.25) is 14.6 Å². The van der Waals surface area contributed by atoms with E-state index < -0.39 is 0 Å². The molecule has 3 rings (SSSR count). The third-order valence-electron chi connectivity index (χ3n) is 4.49. The summed E-state index contributed by atoms with van der Waals surface area (Å²) >= 11 is 0. The van der Waals surface area contributed by atoms with E-state index in [1.54, 1.807) is 6.07 Å². The van der Waals surface area contributed by atoms with Crippen molar-refractivity contribution in [3.63, 3.8) is 0 Å². The number of hydrogen-bond donors (Lipinski definition) is 2. The molecule has 0 spiro atoms. The van der Waals surface area contributed by atoms with Crippen LogP contribution in [0.3, 0.4) is 0 Å². The number of pyridine rings is 1. The van der Waals surface area contributed by atoms with Crippen molar-refractivity contribution in [2.24, 2.45) is 0 Å². The molecule has 0 atom stereocenters. The van der Waals surface area contributed by atoms with Gasteiger partial charge in [0.2, 0.25) is 0 Å². The summed E-state index contributed by atoms with van der Waals surface area (Å²) in [6, 6.07) is 9.82. The molecule has 2 amide bonds. The SMILES string of the molecule is Cc1cccc(CNC(=O)c2cncc(C(=O)NC3CCCC3)c2)c1. The number of nitrogens with one attached hydrogen (secondary N) is 2. The van der Waals surface area contributed by atoms with Crippen LogP contribution in [0.4, 0.5) is 0 Å². The van der Waals surface area contributed by atoms with Crippen molar-refractivity contribution in [3.05, 3.63) is 65.0 Å². The summed E-state index contributed by atoms with van der Waals surface area (Å²) in [6.45, 7) is 2.46. The Morgan fingerprint density at radius 2 is 1.80 bits per heavy atom. The van der Waals surface area contributed by atoms with Crippen LogP contribution in [0.25, 0.3) is 0 Å². The average Bonchev–Trinajstić information content (AvgIpc) is 3.13. The molecule has 5 heteroatoms. The zero-order chi connectivity index (χ0) is 17.6. The number of rotatable bonds is 5. The van der Waals surface area contributed by atoms with Gasteiger partial charge in [0.25, 0.3) is 11.8 Å². The smallest absolute Gasteiger partial charge is 0.253 e. The first-order chi connectivity index (χ1) is 12.1. The molecule has 0 bridgehead atoms. The third-order valence-corrected chi connectivity index (χ3v) is 4.49. The van der Waals surface area contributed by atoms with Gasteiger partial charge in [-0.15, -0.1) is 0 Å². The fourth-order valence-corrected chi connectivity index (χ4v) is 3.13. The molecule has 1 saturated carbocycles. The molecule has 1 aromatic heterocycles. The van der Waals surface area contributed by atoms with Gasteiger partial charge in [-0.1, -0.05) is 42.7 Å². The summed E-state index contributed by atoms with van der Waals surface area (Å²) in [6.07, 6.45) is 7.35. The van der Waals surface area contributed by atoms with Gasteiger partial charge in [0.15, 0.2) is 0 Å². The highest BCUT2D eigenvalue weighted by atomic mass is 16.2. The van der Waals surface area contributed by atoms with Gasteiger partial charge in [0, 0.05) is 25.0 Å². The summed E-state index contributed by atoms with van der Waals surface area (Å²) in [5, 5.41) is 5.89. The molecule has 130 valence electrons. The summed E-state index contributed by atoms with van der Waals surface area (Å²) in [5.41, 5.74) is 3.01. The quantitative estimate of drug-likeness (QED) is 0.881. The van der Waals surface area contributed by atoms with Crippen LogP contribution in [0.5, 0.6) is 0 Å². The predicted molar refractivity (Wildman–Crippen MR) is 96.3 cm³/mol. The van der Waals surface area contributed by atoms with Crippen molar-refractivity contribution >= 4 is 11.8 Å². The van der Waals surface area contributed by atoms with Gasteiger partial charge in [0.1, 0.15) is 0 Å². The number of nitrogens with zero attached hydrogens (tertiary/aromatic N) is 1. The van der Waals surface area contributed by atoms with Crippen molar-refractivity contribution < 1.29 is 9.59 Å². The van der Waals surface area contributed by atoms with E-state index in [1.165, 1.54) is 12.4 Å². The standard InChI is InChI=1S/C20H23N3O2/c1-14-5-4-6-15(9-14)11-22-19(24)16-10-17(13-21-12-16)20(25)23-18-7-2-3-8-18/h4-6,9-10,12-13,18H,2-3,7-8,11H2,1H3,(H,22,24)(H,23,25). The lowest BCUT2D eigenvalue weighted by molar-refractivity contribution is 0.0937. The van der Waals surface area contributed by atoms with E-state index in [0.717, 1.165) is 36.8 Å². The Balaban J connectivity index is 1.61. The van der Waals surface area contributed by atoms with Crippen LogP contribution < -0.4 is 10.6 Å². The zero-order valence-corrected chi connectivity index (χ0v) is 14.4. The highest BCUT2D eigenvalue weighted by Gasteiger charge is 2.19. The average molecular weight is 337 g/mol. The lowest BCUT2D eigenvalue weighted by atomic mass is 10.1. The van der Waals surface area contributed by atoms with Crippen molar-refractivity contribution in [2.45, 2.75) is 45.2 Å². The molecule has 2 aromatic rings. The molecular weight excluding hydrogens is 314 g/mol. The van der Waals surface area contributed by atoms with E-state index >= 15 is 0 Å². The molecule has 2 N–H and O–H groups in total. The summed E-state index contributed by atoms with van der Waals surface area (Å²) < 4.78 is 0. The first-order valence-corrected chi connectivity index (χ1v) is 8.71. The normalized spacial score (nSPS) is 14.3. The largest absolute Gasteiger partial charge is 0.349 e. The summed E-state index contributed by atoms with van der Waals surface area (Å²) in [7, 11) is 0. The fourth-order valence-electron chi connectivity index (χ4n) is 3.13. The highest BCUT2D eigenvalue weighted by molar-refractivity contribution is 5.99. The molecule has 25 heavy (non-hydrogen) atoms. The number of aryl methyl sites for hydroxylation is 1. The first kappa shape index (κ1) is 17.1. The monoisotopic (exact) mass is 337 g/mol. The van der Waals surface area contributed by atoms with Gasteiger partial charge < -0.3 is 10.6 Å². The Labute approximate surface area is 147 Å². The van der Waals surface area contributed by atoms with E-state index in [2.05, 4.69) is 15.6 Å². The second-order valence-electron chi connectivity index (χ2n) is 6.59. The zero-order valence-electron chi connectivity index (χ0n) is 14.4. The molecule has 5 nitrogen and oxygen atoms in total. The number of hydrogen-bond acceptors (Lipinski definition) is 3. The molecule has 1 aromatic carbocycles. The van der Waals surface area contributed by atoms with Gasteiger partial charge in [0.05, 0.1) is 11.1 Å². The Morgan fingerprint density at radius 1 is 1.08 bits per heavy atom. The second kappa shape index (κ2) is 7.92. The van der Waals surface area contributed by atoms with Crippen LogP contribution in [0.2, 0.25) is 0 Å². The van der Waals surface area contributed by atoms with Gasteiger partial charge in [-0.2, -0.15) is 0 Å². The maximum Gasteiger partial charge on any atom is 0.253 e. The maximum absolute atomic E-state index is 12.3. The second-order valence-corrected chi connectivity index (χ2v) is 6.59. The van der Waals surface area contributed by atoms with E-state index in [-0.39, 0.29) is 17.9 Å². The van der Waals surface area contributed by atoms with E-state index in [1.807, 2.05) is 31.2 Å². The highest BCUT2D eigenvalue weighted by Crippen LogP contribution is 2.18. The molecule has 1 aliphatic carbocycles. The summed E-state index contributed by atoms with van der Waals surface area (Å²) in [4.78, 5) is 28.7. The van der Waals surface area contributed by atoms with Crippen LogP contribution in [0.1, 0.15) is 57.5 Å². The Hall–Kier alpha value is -2.69. The lowest BCUT2D eigenvalue weighted by Crippen LogP contribution is -2.33. The minimum Gasteiger partial charge on any atom is -0.349 e. The Kier molecular flexibility index (Phi) is 5.43. The van der Waals surface area contributed by atoms with E-state index in [4.69, 9.17) is 0 Å². The van der Waals surface area contributed by atoms with Crippen molar-refractivity contribution in [1.29, 1.82) is 0 Å². The molecular formula is C20H23N3O2. The number of benzene rings is 1. The Morgan fingerprint density at radius 3 is 2.52 bits per heavy atom. The lowest BCUT2D eigenvalue weighted by Gasteiger charge is -2.12. The number of carbonyl (C=O) groups excluding carboxylic acids is 2. The molecule has 0 radical (unpaired) electrons. The number of amides is 2. The third kappa shape index (κ3) is 4.66. The van der Waals surface area contributed by atoms with Gasteiger partial charge >= 0.3 is 0 Å². The first-order valence-electron chi connectivity index (χ1n) is 8.71. The molecule has 0 unspecified atom stereocenters. The molecule has 0 saturated heterocycles. The molecule has 1 heterocycles. The molecule has 1 aliphatic rings. The molecule has 1 fully saturated rings. The van der Waals surface area contributed by atoms with Crippen molar-refractivity contribution in [2.75, 3.05) is 0 Å².